The molecule has 0 bridgehead atoms. The average Bonchev–Trinajstić information content (AvgIpc) is 3.60. The molecule has 1 aliphatic carbocycles. The van der Waals surface area contributed by atoms with Crippen LogP contribution in [-0.2, 0) is 17.6 Å². The lowest BCUT2D eigenvalue weighted by Gasteiger charge is -2.40. The summed E-state index contributed by atoms with van der Waals surface area (Å²) in [6.07, 6.45) is -1.55. The van der Waals surface area contributed by atoms with Crippen molar-refractivity contribution in [3.05, 3.63) is 69.8 Å². The van der Waals surface area contributed by atoms with E-state index in [-0.39, 0.29) is 0 Å². The maximum absolute atomic E-state index is 10.6. The van der Waals surface area contributed by atoms with Crippen molar-refractivity contribution in [2.24, 2.45) is 0 Å². The second-order valence-electron chi connectivity index (χ2n) is 8.76. The number of aliphatic hydroxyl groups excluding tert-OH is 4. The van der Waals surface area contributed by atoms with Gasteiger partial charge in [-0.1, -0.05) is 43.3 Å². The Labute approximate surface area is 178 Å². The highest BCUT2D eigenvalue weighted by Crippen LogP contribution is 2.44. The molecule has 2 aromatic carbocycles. The molecule has 4 N–H and O–H groups in total. The summed E-state index contributed by atoms with van der Waals surface area (Å²) < 4.78 is 5.84. The van der Waals surface area contributed by atoms with Crippen LogP contribution < -0.4 is 0 Å². The van der Waals surface area contributed by atoms with Crippen molar-refractivity contribution in [3.63, 3.8) is 0 Å². The molecule has 4 rings (SSSR count). The van der Waals surface area contributed by atoms with Crippen molar-refractivity contribution in [2.45, 2.75) is 76.0 Å². The summed E-state index contributed by atoms with van der Waals surface area (Å²) >= 11 is 0. The first-order valence-corrected chi connectivity index (χ1v) is 10.9. The first kappa shape index (κ1) is 21.5. The molecule has 5 atom stereocenters. The molecule has 1 heterocycles. The number of hydrogen-bond donors (Lipinski definition) is 4. The molecular weight excluding hydrogens is 380 g/mol. The zero-order chi connectivity index (χ0) is 21.4. The Morgan fingerprint density at radius 2 is 1.60 bits per heavy atom. The Bertz CT molecular complexity index is 872. The van der Waals surface area contributed by atoms with Crippen molar-refractivity contribution >= 4 is 0 Å². The molecule has 0 aromatic heterocycles. The second-order valence-corrected chi connectivity index (χ2v) is 8.76. The normalized spacial score (nSPS) is 29.2. The summed E-state index contributed by atoms with van der Waals surface area (Å²) in [5.74, 6) is 0.524. The number of ether oxygens (including phenoxy) is 1. The number of hydrogen-bond acceptors (Lipinski definition) is 5. The highest BCUT2D eigenvalue weighted by molar-refractivity contribution is 5.45. The van der Waals surface area contributed by atoms with Gasteiger partial charge in [-0.3, -0.25) is 0 Å². The summed E-state index contributed by atoms with van der Waals surface area (Å²) in [7, 11) is 0. The molecule has 2 aliphatic rings. The van der Waals surface area contributed by atoms with Crippen LogP contribution in [0.15, 0.2) is 36.4 Å². The molecule has 5 heteroatoms. The lowest BCUT2D eigenvalue weighted by Crippen LogP contribution is -2.55. The zero-order valence-corrected chi connectivity index (χ0v) is 17.7. The zero-order valence-electron chi connectivity index (χ0n) is 17.7. The molecule has 2 fully saturated rings. The Morgan fingerprint density at radius 1 is 0.933 bits per heavy atom. The molecule has 162 valence electrons. The van der Waals surface area contributed by atoms with Crippen LogP contribution in [0.5, 0.6) is 0 Å². The van der Waals surface area contributed by atoms with E-state index >= 15 is 0 Å². The van der Waals surface area contributed by atoms with Gasteiger partial charge < -0.3 is 25.2 Å². The van der Waals surface area contributed by atoms with E-state index in [0.29, 0.717) is 5.92 Å². The Kier molecular flexibility index (Phi) is 6.28. The van der Waals surface area contributed by atoms with Gasteiger partial charge in [0, 0.05) is 0 Å². The Balaban J connectivity index is 1.69. The van der Waals surface area contributed by atoms with E-state index in [1.165, 1.54) is 27.8 Å². The van der Waals surface area contributed by atoms with E-state index < -0.39 is 37.1 Å². The van der Waals surface area contributed by atoms with Crippen LogP contribution in [-0.4, -0.2) is 51.4 Å². The van der Waals surface area contributed by atoms with Gasteiger partial charge in [-0.25, -0.2) is 0 Å². The smallest absolute Gasteiger partial charge is 0.113 e. The van der Waals surface area contributed by atoms with Gasteiger partial charge in [-0.15, -0.1) is 0 Å². The Morgan fingerprint density at radius 3 is 2.20 bits per heavy atom. The van der Waals surface area contributed by atoms with E-state index in [9.17, 15) is 20.4 Å². The molecule has 0 spiro atoms. The minimum absolute atomic E-state index is 0.417. The van der Waals surface area contributed by atoms with Crippen LogP contribution in [0.25, 0.3) is 0 Å². The van der Waals surface area contributed by atoms with Crippen molar-refractivity contribution in [3.8, 4) is 0 Å². The monoisotopic (exact) mass is 412 g/mol. The lowest BCUT2D eigenvalue weighted by atomic mass is 9.86. The molecule has 30 heavy (non-hydrogen) atoms. The van der Waals surface area contributed by atoms with Crippen LogP contribution >= 0.6 is 0 Å². The molecule has 1 aliphatic heterocycles. The highest BCUT2D eigenvalue weighted by atomic mass is 16.5. The van der Waals surface area contributed by atoms with Gasteiger partial charge in [0.05, 0.1) is 6.61 Å². The summed E-state index contributed by atoms with van der Waals surface area (Å²) in [6.45, 7) is 3.88. The van der Waals surface area contributed by atoms with Gasteiger partial charge in [-0.2, -0.15) is 0 Å². The molecule has 5 nitrogen and oxygen atoms in total. The number of benzene rings is 2. The molecule has 1 saturated heterocycles. The number of aliphatic hydroxyl groups is 4. The van der Waals surface area contributed by atoms with E-state index in [0.717, 1.165) is 31.2 Å². The van der Waals surface area contributed by atoms with Crippen LogP contribution in [0.3, 0.4) is 0 Å². The van der Waals surface area contributed by atoms with Gasteiger partial charge in [-0.05, 0) is 71.9 Å². The second kappa shape index (κ2) is 8.77. The van der Waals surface area contributed by atoms with Crippen molar-refractivity contribution in [1.82, 2.24) is 0 Å². The fourth-order valence-corrected chi connectivity index (χ4v) is 4.48. The SMILES string of the molecule is CCc1ccc(Cc2cc([C@@H]3O[C@H](CO)[C@@H](O)[C@H](O)[C@H]3O)cc(C3CC3)c2C)cc1. The lowest BCUT2D eigenvalue weighted by molar-refractivity contribution is -0.231. The molecule has 0 amide bonds. The fraction of sp³-hybridized carbons (Fsp3) is 0.520. The average molecular weight is 413 g/mol. The molecule has 1 saturated carbocycles. The predicted octanol–water partition coefficient (Wildman–Crippen LogP) is 2.54. The summed E-state index contributed by atoms with van der Waals surface area (Å²) in [5, 5.41) is 40.5. The van der Waals surface area contributed by atoms with E-state index in [2.05, 4.69) is 44.2 Å². The van der Waals surface area contributed by atoms with Crippen molar-refractivity contribution < 1.29 is 25.2 Å². The first-order chi connectivity index (χ1) is 14.4. The number of aryl methyl sites for hydroxylation is 1. The largest absolute Gasteiger partial charge is 0.394 e. The molecule has 2 aromatic rings. The van der Waals surface area contributed by atoms with E-state index in [1.54, 1.807) is 0 Å². The predicted molar refractivity (Wildman–Crippen MR) is 115 cm³/mol. The van der Waals surface area contributed by atoms with Gasteiger partial charge in [0.1, 0.15) is 30.5 Å². The quantitative estimate of drug-likeness (QED) is 0.586. The molecule has 0 unspecified atom stereocenters. The number of rotatable bonds is 6. The maximum Gasteiger partial charge on any atom is 0.113 e. The van der Waals surface area contributed by atoms with Crippen molar-refractivity contribution in [2.75, 3.05) is 6.61 Å². The topological polar surface area (TPSA) is 90.2 Å². The van der Waals surface area contributed by atoms with E-state index in [1.807, 2.05) is 6.07 Å². The van der Waals surface area contributed by atoms with E-state index in [4.69, 9.17) is 4.74 Å². The fourth-order valence-electron chi connectivity index (χ4n) is 4.48. The van der Waals surface area contributed by atoms with Gasteiger partial charge in [0.2, 0.25) is 0 Å². The van der Waals surface area contributed by atoms with Crippen molar-refractivity contribution in [1.29, 1.82) is 0 Å². The minimum Gasteiger partial charge on any atom is -0.394 e. The standard InChI is InChI=1S/C25H32O5/c1-3-15-4-6-16(7-5-15)10-18-11-19(12-20(14(18)2)17-8-9-17)25-24(29)23(28)22(27)21(13-26)30-25/h4-7,11-12,17,21-29H,3,8-10,13H2,1-2H3/t21-,22-,23+,24-,25+/m1/s1. The third-order valence-corrected chi connectivity index (χ3v) is 6.64. The van der Waals surface area contributed by atoms with Gasteiger partial charge in [0.25, 0.3) is 0 Å². The molecular formula is C25H32O5. The summed E-state index contributed by atoms with van der Waals surface area (Å²) in [6, 6.07) is 12.8. The summed E-state index contributed by atoms with van der Waals surface area (Å²) in [4.78, 5) is 0. The van der Waals surface area contributed by atoms with Crippen LogP contribution in [0.4, 0.5) is 0 Å². The summed E-state index contributed by atoms with van der Waals surface area (Å²) in [5.41, 5.74) is 7.04. The Hall–Kier alpha value is -1.76. The molecule has 0 radical (unpaired) electrons. The maximum atomic E-state index is 10.6. The van der Waals surface area contributed by atoms with Crippen LogP contribution in [0, 0.1) is 6.92 Å². The van der Waals surface area contributed by atoms with Gasteiger partial charge in [0.15, 0.2) is 0 Å². The van der Waals surface area contributed by atoms with Gasteiger partial charge >= 0.3 is 0 Å². The third kappa shape index (κ3) is 4.18. The minimum atomic E-state index is -1.36. The van der Waals surface area contributed by atoms with Crippen LogP contribution in [0.1, 0.15) is 65.2 Å². The first-order valence-electron chi connectivity index (χ1n) is 10.9. The van der Waals surface area contributed by atoms with Crippen LogP contribution in [0.2, 0.25) is 0 Å². The highest BCUT2D eigenvalue weighted by Gasteiger charge is 2.44. The third-order valence-electron chi connectivity index (χ3n) is 6.64.